The Balaban J connectivity index is 1.64. The van der Waals surface area contributed by atoms with Gasteiger partial charge in [0.15, 0.2) is 5.69 Å². The summed E-state index contributed by atoms with van der Waals surface area (Å²) < 4.78 is 0. The van der Waals surface area contributed by atoms with Gasteiger partial charge in [-0.15, -0.1) is 0 Å². The van der Waals surface area contributed by atoms with Gasteiger partial charge >= 0.3 is 5.97 Å². The van der Waals surface area contributed by atoms with Crippen LogP contribution in [0.25, 0.3) is 0 Å². The molecular weight excluding hydrogens is 252 g/mol. The lowest BCUT2D eigenvalue weighted by Gasteiger charge is -2.57. The van der Waals surface area contributed by atoms with Crippen LogP contribution in [0.5, 0.6) is 0 Å². The Kier molecular flexibility index (Phi) is 2.56. The molecule has 0 atom stereocenters. The second-order valence-corrected chi connectivity index (χ2v) is 7.03. The third-order valence-corrected chi connectivity index (χ3v) is 5.45. The van der Waals surface area contributed by atoms with Crippen LogP contribution < -0.4 is 5.32 Å². The highest BCUT2D eigenvalue weighted by Crippen LogP contribution is 2.56. The molecule has 20 heavy (non-hydrogen) atoms. The second kappa shape index (κ2) is 4.21. The van der Waals surface area contributed by atoms with Gasteiger partial charge in [0, 0.05) is 11.7 Å². The molecule has 0 unspecified atom stereocenters. The van der Waals surface area contributed by atoms with Gasteiger partial charge in [0.25, 0.3) is 0 Å². The van der Waals surface area contributed by atoms with Gasteiger partial charge in [-0.3, -0.25) is 0 Å². The first-order valence-electron chi connectivity index (χ1n) is 7.60. The fraction of sp³-hybridized carbons (Fsp3) is 0.625. The Morgan fingerprint density at radius 1 is 1.20 bits per heavy atom. The Morgan fingerprint density at radius 3 is 2.35 bits per heavy atom. The number of carboxylic acids is 1. The van der Waals surface area contributed by atoms with E-state index in [9.17, 15) is 9.90 Å². The van der Waals surface area contributed by atoms with Crippen molar-refractivity contribution in [1.82, 2.24) is 4.98 Å². The van der Waals surface area contributed by atoms with E-state index in [0.29, 0.717) is 5.69 Å². The van der Waals surface area contributed by atoms with E-state index in [1.165, 1.54) is 38.5 Å². The van der Waals surface area contributed by atoms with Crippen LogP contribution in [0.4, 0.5) is 5.69 Å². The average Bonchev–Trinajstić information content (AvgIpc) is 2.36. The Hall–Kier alpha value is -1.58. The highest BCUT2D eigenvalue weighted by atomic mass is 16.4. The van der Waals surface area contributed by atoms with Crippen molar-refractivity contribution in [2.45, 2.75) is 44.1 Å². The molecule has 0 spiro atoms. The lowest BCUT2D eigenvalue weighted by Crippen LogP contribution is -2.55. The van der Waals surface area contributed by atoms with Gasteiger partial charge < -0.3 is 10.4 Å². The number of nitrogens with zero attached hydrogens (tertiary/aromatic N) is 1. The molecule has 1 heterocycles. The summed E-state index contributed by atoms with van der Waals surface area (Å²) in [5.74, 6) is 1.59. The van der Waals surface area contributed by atoms with Crippen LogP contribution in [0, 0.1) is 17.8 Å². The van der Waals surface area contributed by atoms with Gasteiger partial charge in [0.2, 0.25) is 0 Å². The van der Waals surface area contributed by atoms with Crippen LogP contribution in [0.3, 0.4) is 0 Å². The zero-order valence-electron chi connectivity index (χ0n) is 11.5. The summed E-state index contributed by atoms with van der Waals surface area (Å²) in [6.45, 7) is 0. The van der Waals surface area contributed by atoms with Crippen LogP contribution >= 0.6 is 0 Å². The van der Waals surface area contributed by atoms with Crippen molar-refractivity contribution < 1.29 is 9.90 Å². The van der Waals surface area contributed by atoms with E-state index in [0.717, 1.165) is 17.8 Å². The molecular formula is C16H20N2O2. The number of anilines is 1. The fourth-order valence-electron chi connectivity index (χ4n) is 5.23. The third kappa shape index (κ3) is 1.89. The van der Waals surface area contributed by atoms with Crippen molar-refractivity contribution in [3.63, 3.8) is 0 Å². The highest BCUT2D eigenvalue weighted by Gasteiger charge is 2.51. The smallest absolute Gasteiger partial charge is 0.356 e. The molecule has 0 aliphatic heterocycles. The molecule has 2 N–H and O–H groups in total. The van der Waals surface area contributed by atoms with Gasteiger partial charge in [0.1, 0.15) is 0 Å². The maximum atomic E-state index is 11.3. The lowest BCUT2D eigenvalue weighted by atomic mass is 9.53. The predicted molar refractivity (Wildman–Crippen MR) is 75.7 cm³/mol. The van der Waals surface area contributed by atoms with E-state index in [-0.39, 0.29) is 11.2 Å². The molecule has 4 heteroatoms. The van der Waals surface area contributed by atoms with Crippen LogP contribution in [-0.4, -0.2) is 21.6 Å². The number of carboxylic acid groups (broad SMARTS) is 1. The SMILES string of the molecule is O=C(O)c1ncccc1NC12CC3CC(CC(C3)C1)C2. The van der Waals surface area contributed by atoms with Gasteiger partial charge in [-0.2, -0.15) is 0 Å². The number of hydrogen-bond acceptors (Lipinski definition) is 3. The quantitative estimate of drug-likeness (QED) is 0.887. The predicted octanol–water partition coefficient (Wildman–Crippen LogP) is 3.16. The number of rotatable bonds is 3. The van der Waals surface area contributed by atoms with E-state index in [1.807, 2.05) is 12.1 Å². The van der Waals surface area contributed by atoms with Crippen molar-refractivity contribution in [1.29, 1.82) is 0 Å². The summed E-state index contributed by atoms with van der Waals surface area (Å²) in [5, 5.41) is 12.9. The molecule has 4 nitrogen and oxygen atoms in total. The van der Waals surface area contributed by atoms with Crippen LogP contribution in [0.2, 0.25) is 0 Å². The maximum absolute atomic E-state index is 11.3. The van der Waals surface area contributed by atoms with Crippen LogP contribution in [0.1, 0.15) is 49.0 Å². The Bertz CT molecular complexity index is 520. The van der Waals surface area contributed by atoms with Crippen LogP contribution in [0.15, 0.2) is 18.3 Å². The average molecular weight is 272 g/mol. The van der Waals surface area contributed by atoms with Crippen molar-refractivity contribution in [2.24, 2.45) is 17.8 Å². The van der Waals surface area contributed by atoms with Crippen molar-refractivity contribution in [3.8, 4) is 0 Å². The van der Waals surface area contributed by atoms with Crippen LogP contribution in [-0.2, 0) is 0 Å². The summed E-state index contributed by atoms with van der Waals surface area (Å²) in [6.07, 6.45) is 9.32. The van der Waals surface area contributed by atoms with Crippen molar-refractivity contribution in [2.75, 3.05) is 5.32 Å². The standard InChI is InChI=1S/C16H20N2O2/c19-15(20)14-13(2-1-3-17-14)18-16-7-10-4-11(8-16)6-12(5-10)9-16/h1-3,10-12,18H,4-9H2,(H,19,20). The zero-order chi connectivity index (χ0) is 13.7. The summed E-state index contributed by atoms with van der Waals surface area (Å²) in [7, 11) is 0. The van der Waals surface area contributed by atoms with Crippen molar-refractivity contribution in [3.05, 3.63) is 24.0 Å². The topological polar surface area (TPSA) is 62.2 Å². The number of carbonyl (C=O) groups is 1. The van der Waals surface area contributed by atoms with E-state index < -0.39 is 5.97 Å². The molecule has 1 aromatic heterocycles. The maximum Gasteiger partial charge on any atom is 0.356 e. The number of hydrogen-bond donors (Lipinski definition) is 2. The first-order chi connectivity index (χ1) is 9.63. The number of nitrogens with one attached hydrogen (secondary N) is 1. The monoisotopic (exact) mass is 272 g/mol. The van der Waals surface area contributed by atoms with E-state index in [4.69, 9.17) is 0 Å². The lowest BCUT2D eigenvalue weighted by molar-refractivity contribution is 0.0106. The summed E-state index contributed by atoms with van der Waals surface area (Å²) in [4.78, 5) is 15.3. The molecule has 4 aliphatic rings. The van der Waals surface area contributed by atoms with E-state index in [1.54, 1.807) is 6.20 Å². The molecule has 0 radical (unpaired) electrons. The minimum absolute atomic E-state index is 0.127. The number of pyridine rings is 1. The molecule has 4 saturated carbocycles. The molecule has 4 fully saturated rings. The number of aromatic nitrogens is 1. The molecule has 4 aliphatic carbocycles. The number of aromatic carboxylic acids is 1. The minimum Gasteiger partial charge on any atom is -0.476 e. The molecule has 1 aromatic rings. The molecule has 0 saturated heterocycles. The van der Waals surface area contributed by atoms with Gasteiger partial charge in [-0.05, 0) is 68.4 Å². The van der Waals surface area contributed by atoms with Gasteiger partial charge in [0.05, 0.1) is 5.69 Å². The summed E-state index contributed by atoms with van der Waals surface area (Å²) >= 11 is 0. The third-order valence-electron chi connectivity index (χ3n) is 5.45. The zero-order valence-corrected chi connectivity index (χ0v) is 11.5. The molecule has 0 amide bonds. The molecule has 0 aromatic carbocycles. The molecule has 106 valence electrons. The first kappa shape index (κ1) is 12.2. The fourth-order valence-corrected chi connectivity index (χ4v) is 5.23. The first-order valence-corrected chi connectivity index (χ1v) is 7.60. The summed E-state index contributed by atoms with van der Waals surface area (Å²) in [5.41, 5.74) is 0.979. The Morgan fingerprint density at radius 2 is 1.80 bits per heavy atom. The Labute approximate surface area is 118 Å². The highest BCUT2D eigenvalue weighted by molar-refractivity contribution is 5.91. The van der Waals surface area contributed by atoms with Gasteiger partial charge in [-0.1, -0.05) is 0 Å². The van der Waals surface area contributed by atoms with E-state index in [2.05, 4.69) is 10.3 Å². The molecule has 4 bridgehead atoms. The summed E-state index contributed by atoms with van der Waals surface area (Å²) in [6, 6.07) is 3.67. The normalized spacial score (nSPS) is 37.9. The molecule has 5 rings (SSSR count). The van der Waals surface area contributed by atoms with Gasteiger partial charge in [-0.25, -0.2) is 9.78 Å². The largest absolute Gasteiger partial charge is 0.476 e. The van der Waals surface area contributed by atoms with E-state index >= 15 is 0 Å². The minimum atomic E-state index is -0.946. The van der Waals surface area contributed by atoms with Crippen molar-refractivity contribution >= 4 is 11.7 Å². The second-order valence-electron chi connectivity index (χ2n) is 7.03.